The molecule has 18 heavy (non-hydrogen) atoms. The molecule has 0 aliphatic carbocycles. The number of hydrogen-bond donors (Lipinski definition) is 2. The Balaban J connectivity index is 2.40. The molecule has 0 saturated heterocycles. The summed E-state index contributed by atoms with van der Waals surface area (Å²) in [6, 6.07) is 10.3. The smallest absolute Gasteiger partial charge is 0.191 e. The molecular weight excluding hydrogens is 222 g/mol. The maximum atomic E-state index is 4.58. The monoisotopic (exact) mass is 247 g/mol. The Labute approximate surface area is 111 Å². The SMILES string of the molecule is CCCCCNC(=NCc1ccccc1)NCC. The number of rotatable bonds is 7. The molecule has 1 aromatic carbocycles. The van der Waals surface area contributed by atoms with E-state index in [1.165, 1.54) is 24.8 Å². The lowest BCUT2D eigenvalue weighted by Crippen LogP contribution is -2.37. The standard InChI is InChI=1S/C15H25N3/c1-3-5-9-12-17-15(16-4-2)18-13-14-10-7-6-8-11-14/h6-8,10-11H,3-5,9,12-13H2,1-2H3,(H2,16,17,18). The largest absolute Gasteiger partial charge is 0.357 e. The zero-order valence-electron chi connectivity index (χ0n) is 11.6. The predicted molar refractivity (Wildman–Crippen MR) is 78.8 cm³/mol. The summed E-state index contributed by atoms with van der Waals surface area (Å²) in [5.74, 6) is 0.914. The Morgan fingerprint density at radius 2 is 1.83 bits per heavy atom. The molecule has 0 aromatic heterocycles. The highest BCUT2D eigenvalue weighted by atomic mass is 15.2. The minimum absolute atomic E-state index is 0.726. The van der Waals surface area contributed by atoms with Crippen molar-refractivity contribution in [2.45, 2.75) is 39.7 Å². The fraction of sp³-hybridized carbons (Fsp3) is 0.533. The Kier molecular flexibility index (Phi) is 7.69. The second-order valence-corrected chi connectivity index (χ2v) is 4.31. The van der Waals surface area contributed by atoms with E-state index in [1.54, 1.807) is 0 Å². The quantitative estimate of drug-likeness (QED) is 0.441. The van der Waals surface area contributed by atoms with Crippen LogP contribution in [0.2, 0.25) is 0 Å². The van der Waals surface area contributed by atoms with Crippen molar-refractivity contribution >= 4 is 5.96 Å². The number of nitrogens with zero attached hydrogens (tertiary/aromatic N) is 1. The molecule has 0 amide bonds. The van der Waals surface area contributed by atoms with E-state index in [9.17, 15) is 0 Å². The molecule has 0 aliphatic rings. The minimum atomic E-state index is 0.726. The van der Waals surface area contributed by atoms with Gasteiger partial charge >= 0.3 is 0 Å². The van der Waals surface area contributed by atoms with Crippen molar-refractivity contribution in [3.8, 4) is 0 Å². The van der Waals surface area contributed by atoms with Gasteiger partial charge in [0.15, 0.2) is 5.96 Å². The van der Waals surface area contributed by atoms with Gasteiger partial charge in [0, 0.05) is 13.1 Å². The number of aliphatic imine (C=N–C) groups is 1. The Morgan fingerprint density at radius 1 is 1.06 bits per heavy atom. The maximum Gasteiger partial charge on any atom is 0.191 e. The molecule has 3 nitrogen and oxygen atoms in total. The van der Waals surface area contributed by atoms with Crippen molar-refractivity contribution in [3.63, 3.8) is 0 Å². The molecule has 0 bridgehead atoms. The molecule has 100 valence electrons. The number of nitrogens with one attached hydrogen (secondary N) is 2. The van der Waals surface area contributed by atoms with Gasteiger partial charge in [0.25, 0.3) is 0 Å². The third-order valence-corrected chi connectivity index (χ3v) is 2.68. The maximum absolute atomic E-state index is 4.58. The van der Waals surface area contributed by atoms with E-state index in [2.05, 4.69) is 41.6 Å². The fourth-order valence-electron chi connectivity index (χ4n) is 1.68. The Bertz CT molecular complexity index is 333. The van der Waals surface area contributed by atoms with Crippen LogP contribution in [-0.2, 0) is 6.54 Å². The summed E-state index contributed by atoms with van der Waals surface area (Å²) in [5.41, 5.74) is 1.24. The summed E-state index contributed by atoms with van der Waals surface area (Å²) in [6.07, 6.45) is 3.72. The van der Waals surface area contributed by atoms with E-state index in [0.29, 0.717) is 0 Å². The summed E-state index contributed by atoms with van der Waals surface area (Å²) in [4.78, 5) is 4.58. The molecule has 2 N–H and O–H groups in total. The summed E-state index contributed by atoms with van der Waals surface area (Å²) >= 11 is 0. The van der Waals surface area contributed by atoms with E-state index in [1.807, 2.05) is 18.2 Å². The number of guanidine groups is 1. The van der Waals surface area contributed by atoms with Crippen LogP contribution in [0, 0.1) is 0 Å². The van der Waals surface area contributed by atoms with Gasteiger partial charge in [0.05, 0.1) is 6.54 Å². The van der Waals surface area contributed by atoms with Crippen LogP contribution in [0.5, 0.6) is 0 Å². The van der Waals surface area contributed by atoms with E-state index >= 15 is 0 Å². The molecule has 3 heteroatoms. The third-order valence-electron chi connectivity index (χ3n) is 2.68. The normalized spacial score (nSPS) is 11.3. The minimum Gasteiger partial charge on any atom is -0.357 e. The van der Waals surface area contributed by atoms with Crippen LogP contribution in [0.1, 0.15) is 38.7 Å². The van der Waals surface area contributed by atoms with Crippen LogP contribution < -0.4 is 10.6 Å². The highest BCUT2D eigenvalue weighted by Crippen LogP contribution is 1.99. The number of hydrogen-bond acceptors (Lipinski definition) is 1. The summed E-state index contributed by atoms with van der Waals surface area (Å²) in [7, 11) is 0. The van der Waals surface area contributed by atoms with E-state index < -0.39 is 0 Å². The van der Waals surface area contributed by atoms with Crippen molar-refractivity contribution in [2.75, 3.05) is 13.1 Å². The van der Waals surface area contributed by atoms with Crippen molar-refractivity contribution in [2.24, 2.45) is 4.99 Å². The second-order valence-electron chi connectivity index (χ2n) is 4.31. The lowest BCUT2D eigenvalue weighted by Gasteiger charge is -2.10. The highest BCUT2D eigenvalue weighted by Gasteiger charge is 1.96. The van der Waals surface area contributed by atoms with Crippen molar-refractivity contribution in [3.05, 3.63) is 35.9 Å². The van der Waals surface area contributed by atoms with Gasteiger partial charge in [-0.05, 0) is 18.9 Å². The molecule has 0 heterocycles. The second kappa shape index (κ2) is 9.51. The first-order valence-corrected chi connectivity index (χ1v) is 6.93. The van der Waals surface area contributed by atoms with Crippen LogP contribution in [0.3, 0.4) is 0 Å². The Morgan fingerprint density at radius 3 is 2.50 bits per heavy atom. The van der Waals surface area contributed by atoms with Gasteiger partial charge in [-0.15, -0.1) is 0 Å². The molecule has 0 unspecified atom stereocenters. The van der Waals surface area contributed by atoms with Crippen LogP contribution >= 0.6 is 0 Å². The van der Waals surface area contributed by atoms with Crippen LogP contribution in [0.4, 0.5) is 0 Å². The third kappa shape index (κ3) is 6.28. The van der Waals surface area contributed by atoms with Crippen molar-refractivity contribution in [1.29, 1.82) is 0 Å². The zero-order chi connectivity index (χ0) is 13.1. The molecule has 0 saturated carbocycles. The number of benzene rings is 1. The van der Waals surface area contributed by atoms with Gasteiger partial charge in [0.1, 0.15) is 0 Å². The Hall–Kier alpha value is -1.51. The molecule has 1 aromatic rings. The van der Waals surface area contributed by atoms with Crippen LogP contribution in [0.15, 0.2) is 35.3 Å². The molecule has 0 spiro atoms. The topological polar surface area (TPSA) is 36.4 Å². The summed E-state index contributed by atoms with van der Waals surface area (Å²) in [5, 5.41) is 6.63. The predicted octanol–water partition coefficient (Wildman–Crippen LogP) is 2.93. The molecule has 0 atom stereocenters. The van der Waals surface area contributed by atoms with E-state index in [4.69, 9.17) is 0 Å². The lowest BCUT2D eigenvalue weighted by molar-refractivity contribution is 0.683. The van der Waals surface area contributed by atoms with Gasteiger partial charge in [-0.1, -0.05) is 50.1 Å². The first-order chi connectivity index (χ1) is 8.86. The van der Waals surface area contributed by atoms with Crippen LogP contribution in [0.25, 0.3) is 0 Å². The van der Waals surface area contributed by atoms with Gasteiger partial charge in [-0.3, -0.25) is 0 Å². The van der Waals surface area contributed by atoms with Gasteiger partial charge in [-0.2, -0.15) is 0 Å². The molecule has 0 fully saturated rings. The van der Waals surface area contributed by atoms with E-state index in [-0.39, 0.29) is 0 Å². The molecular formula is C15H25N3. The average Bonchev–Trinajstić information content (AvgIpc) is 2.42. The van der Waals surface area contributed by atoms with Gasteiger partial charge in [0.2, 0.25) is 0 Å². The summed E-state index contributed by atoms with van der Waals surface area (Å²) in [6.45, 7) is 6.92. The van der Waals surface area contributed by atoms with Crippen molar-refractivity contribution < 1.29 is 0 Å². The number of unbranched alkanes of at least 4 members (excludes halogenated alkanes) is 2. The summed E-state index contributed by atoms with van der Waals surface area (Å²) < 4.78 is 0. The van der Waals surface area contributed by atoms with Gasteiger partial charge in [-0.25, -0.2) is 4.99 Å². The van der Waals surface area contributed by atoms with Gasteiger partial charge < -0.3 is 10.6 Å². The van der Waals surface area contributed by atoms with E-state index in [0.717, 1.165) is 25.6 Å². The molecule has 0 radical (unpaired) electrons. The average molecular weight is 247 g/mol. The highest BCUT2D eigenvalue weighted by molar-refractivity contribution is 5.79. The fourth-order valence-corrected chi connectivity index (χ4v) is 1.68. The lowest BCUT2D eigenvalue weighted by atomic mass is 10.2. The first kappa shape index (κ1) is 14.6. The zero-order valence-corrected chi connectivity index (χ0v) is 11.6. The van der Waals surface area contributed by atoms with Crippen molar-refractivity contribution in [1.82, 2.24) is 10.6 Å². The molecule has 1 rings (SSSR count). The first-order valence-electron chi connectivity index (χ1n) is 6.93. The molecule has 0 aliphatic heterocycles. The van der Waals surface area contributed by atoms with Crippen LogP contribution in [-0.4, -0.2) is 19.0 Å².